The SMILES string of the molecule is Cc1cc(CN2CC[C@]3(C[C@H](NC(=O)c4cnccn4)CCO3)C2)no1. The van der Waals surface area contributed by atoms with E-state index in [0.29, 0.717) is 12.3 Å². The zero-order valence-electron chi connectivity index (χ0n) is 14.9. The average Bonchev–Trinajstić information content (AvgIpc) is 3.22. The third kappa shape index (κ3) is 3.76. The maximum atomic E-state index is 12.3. The number of rotatable bonds is 4. The lowest BCUT2D eigenvalue weighted by Gasteiger charge is -2.38. The van der Waals surface area contributed by atoms with Crippen molar-refractivity contribution in [2.75, 3.05) is 19.7 Å². The molecule has 1 N–H and O–H groups in total. The first-order valence-corrected chi connectivity index (χ1v) is 8.97. The summed E-state index contributed by atoms with van der Waals surface area (Å²) in [6.45, 7) is 5.12. The summed E-state index contributed by atoms with van der Waals surface area (Å²) in [5, 5.41) is 7.16. The van der Waals surface area contributed by atoms with Gasteiger partial charge in [-0.1, -0.05) is 5.16 Å². The number of aryl methyl sites for hydroxylation is 1. The summed E-state index contributed by atoms with van der Waals surface area (Å²) in [5.41, 5.74) is 1.10. The number of nitrogens with zero attached hydrogens (tertiary/aromatic N) is 4. The number of hydrogen-bond acceptors (Lipinski definition) is 7. The van der Waals surface area contributed by atoms with Crippen LogP contribution in [0.4, 0.5) is 0 Å². The van der Waals surface area contributed by atoms with Crippen molar-refractivity contribution >= 4 is 5.91 Å². The number of nitrogens with one attached hydrogen (secondary N) is 1. The van der Waals surface area contributed by atoms with E-state index < -0.39 is 0 Å². The molecule has 4 heterocycles. The Morgan fingerprint density at radius 1 is 1.46 bits per heavy atom. The standard InChI is InChI=1S/C18H23N5O3/c1-13-8-15(22-26-13)11-23-6-3-18(12-23)9-14(2-7-25-18)21-17(24)16-10-19-4-5-20-16/h4-5,8,10,14H,2-3,6-7,9,11-12H2,1H3,(H,21,24)/t14-,18+/m1/s1. The molecule has 26 heavy (non-hydrogen) atoms. The molecule has 2 aliphatic heterocycles. The van der Waals surface area contributed by atoms with Crippen LogP contribution in [0.25, 0.3) is 0 Å². The Morgan fingerprint density at radius 2 is 2.38 bits per heavy atom. The molecule has 8 nitrogen and oxygen atoms in total. The van der Waals surface area contributed by atoms with Crippen molar-refractivity contribution in [1.82, 2.24) is 25.3 Å². The Morgan fingerprint density at radius 3 is 3.15 bits per heavy atom. The Kier molecular flexibility index (Phi) is 4.69. The van der Waals surface area contributed by atoms with Crippen LogP contribution in [0.2, 0.25) is 0 Å². The number of likely N-dealkylation sites (tertiary alicyclic amines) is 1. The molecule has 0 radical (unpaired) electrons. The van der Waals surface area contributed by atoms with Gasteiger partial charge < -0.3 is 14.6 Å². The van der Waals surface area contributed by atoms with Crippen LogP contribution in [0.15, 0.2) is 29.2 Å². The maximum Gasteiger partial charge on any atom is 0.271 e. The quantitative estimate of drug-likeness (QED) is 0.882. The highest BCUT2D eigenvalue weighted by atomic mass is 16.5. The van der Waals surface area contributed by atoms with Crippen molar-refractivity contribution in [2.24, 2.45) is 0 Å². The Bertz CT molecular complexity index is 765. The van der Waals surface area contributed by atoms with Crippen molar-refractivity contribution in [3.63, 3.8) is 0 Å². The van der Waals surface area contributed by atoms with Gasteiger partial charge in [0, 0.05) is 50.7 Å². The van der Waals surface area contributed by atoms with Gasteiger partial charge in [0.15, 0.2) is 0 Å². The molecule has 2 saturated heterocycles. The van der Waals surface area contributed by atoms with Crippen molar-refractivity contribution in [3.8, 4) is 0 Å². The molecule has 4 rings (SSSR count). The first kappa shape index (κ1) is 17.1. The van der Waals surface area contributed by atoms with Gasteiger partial charge in [-0.05, 0) is 26.2 Å². The van der Waals surface area contributed by atoms with Crippen molar-refractivity contribution in [1.29, 1.82) is 0 Å². The summed E-state index contributed by atoms with van der Waals surface area (Å²) in [6.07, 6.45) is 7.16. The van der Waals surface area contributed by atoms with E-state index in [4.69, 9.17) is 9.26 Å². The minimum atomic E-state index is -0.197. The largest absolute Gasteiger partial charge is 0.373 e. The van der Waals surface area contributed by atoms with E-state index in [0.717, 1.165) is 50.4 Å². The van der Waals surface area contributed by atoms with Gasteiger partial charge in [0.05, 0.1) is 17.5 Å². The van der Waals surface area contributed by atoms with Crippen LogP contribution in [0.1, 0.15) is 41.2 Å². The van der Waals surface area contributed by atoms with E-state index in [2.05, 4.69) is 25.3 Å². The molecule has 2 fully saturated rings. The van der Waals surface area contributed by atoms with Crippen molar-refractivity contribution in [2.45, 2.75) is 44.4 Å². The van der Waals surface area contributed by atoms with E-state index in [9.17, 15) is 4.79 Å². The van der Waals surface area contributed by atoms with E-state index in [1.165, 1.54) is 12.4 Å². The van der Waals surface area contributed by atoms with Gasteiger partial charge in [-0.25, -0.2) is 4.98 Å². The fraction of sp³-hybridized carbons (Fsp3) is 0.556. The molecular formula is C18H23N5O3. The summed E-state index contributed by atoms with van der Waals surface area (Å²) in [6, 6.07) is 2.06. The molecule has 8 heteroatoms. The van der Waals surface area contributed by atoms with Crippen LogP contribution in [-0.2, 0) is 11.3 Å². The van der Waals surface area contributed by atoms with Gasteiger partial charge in [-0.3, -0.25) is 14.7 Å². The normalized spacial score (nSPS) is 26.3. The van der Waals surface area contributed by atoms with Gasteiger partial charge in [0.1, 0.15) is 11.5 Å². The second-order valence-electron chi connectivity index (χ2n) is 7.17. The number of hydrogen-bond donors (Lipinski definition) is 1. The molecule has 0 aliphatic carbocycles. The van der Waals surface area contributed by atoms with E-state index in [-0.39, 0.29) is 17.6 Å². The molecule has 2 atom stereocenters. The Labute approximate surface area is 151 Å². The van der Waals surface area contributed by atoms with Crippen molar-refractivity contribution < 1.29 is 14.1 Å². The predicted molar refractivity (Wildman–Crippen MR) is 92.3 cm³/mol. The number of aromatic nitrogens is 3. The highest BCUT2D eigenvalue weighted by molar-refractivity contribution is 5.92. The van der Waals surface area contributed by atoms with Crippen LogP contribution in [-0.4, -0.2) is 57.3 Å². The first-order valence-electron chi connectivity index (χ1n) is 8.97. The van der Waals surface area contributed by atoms with Gasteiger partial charge in [0.25, 0.3) is 5.91 Å². The minimum Gasteiger partial charge on any atom is -0.373 e. The molecule has 0 aromatic carbocycles. The minimum absolute atomic E-state index is 0.0903. The lowest BCUT2D eigenvalue weighted by molar-refractivity contribution is -0.0793. The summed E-state index contributed by atoms with van der Waals surface area (Å²) in [7, 11) is 0. The lowest BCUT2D eigenvalue weighted by atomic mass is 9.89. The monoisotopic (exact) mass is 357 g/mol. The maximum absolute atomic E-state index is 12.3. The molecule has 1 spiro atoms. The summed E-state index contributed by atoms with van der Waals surface area (Å²) >= 11 is 0. The Hall–Kier alpha value is -2.32. The summed E-state index contributed by atoms with van der Waals surface area (Å²) in [4.78, 5) is 22.7. The van der Waals surface area contributed by atoms with Crippen LogP contribution in [0, 0.1) is 6.92 Å². The smallest absolute Gasteiger partial charge is 0.271 e. The molecule has 1 amide bonds. The van der Waals surface area contributed by atoms with Gasteiger partial charge in [-0.15, -0.1) is 0 Å². The molecule has 0 unspecified atom stereocenters. The third-order valence-corrected chi connectivity index (χ3v) is 5.08. The second kappa shape index (κ2) is 7.13. The molecule has 138 valence electrons. The van der Waals surface area contributed by atoms with Crippen LogP contribution in [0.5, 0.6) is 0 Å². The zero-order chi connectivity index (χ0) is 18.0. The van der Waals surface area contributed by atoms with E-state index >= 15 is 0 Å². The third-order valence-electron chi connectivity index (χ3n) is 5.08. The van der Waals surface area contributed by atoms with E-state index in [1.54, 1.807) is 6.20 Å². The summed E-state index contributed by atoms with van der Waals surface area (Å²) < 4.78 is 11.3. The molecule has 2 aromatic rings. The lowest BCUT2D eigenvalue weighted by Crippen LogP contribution is -2.50. The van der Waals surface area contributed by atoms with Gasteiger partial charge >= 0.3 is 0 Å². The summed E-state index contributed by atoms with van der Waals surface area (Å²) in [5.74, 6) is 0.655. The number of carbonyl (C=O) groups is 1. The topological polar surface area (TPSA) is 93.4 Å². The molecular weight excluding hydrogens is 334 g/mol. The highest BCUT2D eigenvalue weighted by Gasteiger charge is 2.43. The van der Waals surface area contributed by atoms with Gasteiger partial charge in [-0.2, -0.15) is 0 Å². The molecule has 0 bridgehead atoms. The molecule has 0 saturated carbocycles. The van der Waals surface area contributed by atoms with Crippen LogP contribution >= 0.6 is 0 Å². The first-order chi connectivity index (χ1) is 12.6. The fourth-order valence-corrected chi connectivity index (χ4v) is 3.90. The predicted octanol–water partition coefficient (Wildman–Crippen LogP) is 1.33. The van der Waals surface area contributed by atoms with Gasteiger partial charge in [0.2, 0.25) is 0 Å². The second-order valence-corrected chi connectivity index (χ2v) is 7.17. The molecule has 2 aliphatic rings. The zero-order valence-corrected chi connectivity index (χ0v) is 14.9. The number of ether oxygens (including phenoxy) is 1. The van der Waals surface area contributed by atoms with E-state index in [1.807, 2.05) is 13.0 Å². The highest BCUT2D eigenvalue weighted by Crippen LogP contribution is 2.35. The average molecular weight is 357 g/mol. The molecule has 2 aromatic heterocycles. The van der Waals surface area contributed by atoms with Crippen LogP contribution in [0.3, 0.4) is 0 Å². The Balaban J connectivity index is 1.35. The van der Waals surface area contributed by atoms with Crippen molar-refractivity contribution in [3.05, 3.63) is 41.8 Å². The number of carbonyl (C=O) groups excluding carboxylic acids is 1. The fourth-order valence-electron chi connectivity index (χ4n) is 3.90. The van der Waals surface area contributed by atoms with Crippen LogP contribution < -0.4 is 5.32 Å². The number of amides is 1.